The molecular formula is C15H30N2O2S. The summed E-state index contributed by atoms with van der Waals surface area (Å²) >= 11 is 0. The lowest BCUT2D eigenvalue weighted by Crippen LogP contribution is -2.44. The number of hydrogen-bond acceptors (Lipinski definition) is 3. The summed E-state index contributed by atoms with van der Waals surface area (Å²) in [6, 6.07) is 0.668. The van der Waals surface area contributed by atoms with E-state index in [9.17, 15) is 8.42 Å². The van der Waals surface area contributed by atoms with Gasteiger partial charge in [-0.15, -0.1) is 0 Å². The Labute approximate surface area is 124 Å². The summed E-state index contributed by atoms with van der Waals surface area (Å²) < 4.78 is 27.0. The van der Waals surface area contributed by atoms with Crippen LogP contribution in [0.15, 0.2) is 0 Å². The molecule has 2 fully saturated rings. The van der Waals surface area contributed by atoms with Gasteiger partial charge in [0.1, 0.15) is 0 Å². The van der Waals surface area contributed by atoms with E-state index in [4.69, 9.17) is 0 Å². The first-order chi connectivity index (χ1) is 9.63. The largest absolute Gasteiger partial charge is 0.314 e. The summed E-state index contributed by atoms with van der Waals surface area (Å²) in [6.45, 7) is 3.65. The van der Waals surface area contributed by atoms with Crippen molar-refractivity contribution in [3.05, 3.63) is 0 Å². The van der Waals surface area contributed by atoms with E-state index in [2.05, 4.69) is 5.32 Å². The van der Waals surface area contributed by atoms with Crippen molar-refractivity contribution in [2.45, 2.75) is 76.8 Å². The Morgan fingerprint density at radius 2 is 1.75 bits per heavy atom. The van der Waals surface area contributed by atoms with Crippen molar-refractivity contribution in [1.82, 2.24) is 9.62 Å². The standard InChI is InChI=1S/C15H30N2O2S/c1-2-17(15-9-4-3-5-10-15)20(18,19)13-11-14-8-6-7-12-16-14/h14-16H,2-13H2,1H3. The lowest BCUT2D eigenvalue weighted by atomic mass is 9.95. The Balaban J connectivity index is 1.88. The van der Waals surface area contributed by atoms with Crippen LogP contribution in [-0.2, 0) is 10.0 Å². The number of nitrogens with zero attached hydrogens (tertiary/aromatic N) is 1. The van der Waals surface area contributed by atoms with Crippen molar-refractivity contribution in [2.24, 2.45) is 0 Å². The molecule has 0 amide bonds. The molecule has 0 spiro atoms. The third-order valence-electron chi connectivity index (χ3n) is 4.79. The minimum atomic E-state index is -3.08. The Morgan fingerprint density at radius 3 is 2.35 bits per heavy atom. The molecule has 2 rings (SSSR count). The fraction of sp³-hybridized carbons (Fsp3) is 1.00. The van der Waals surface area contributed by atoms with Gasteiger partial charge in [0.2, 0.25) is 10.0 Å². The third-order valence-corrected chi connectivity index (χ3v) is 6.81. The number of piperidine rings is 1. The van der Waals surface area contributed by atoms with Crippen molar-refractivity contribution in [2.75, 3.05) is 18.8 Å². The van der Waals surface area contributed by atoms with Gasteiger partial charge in [-0.25, -0.2) is 8.42 Å². The maximum Gasteiger partial charge on any atom is 0.214 e. The van der Waals surface area contributed by atoms with Gasteiger partial charge in [-0.2, -0.15) is 4.31 Å². The van der Waals surface area contributed by atoms with Gasteiger partial charge in [-0.1, -0.05) is 32.6 Å². The zero-order valence-electron chi connectivity index (χ0n) is 12.8. The molecule has 118 valence electrons. The minimum absolute atomic E-state index is 0.262. The lowest BCUT2D eigenvalue weighted by Gasteiger charge is -2.33. The van der Waals surface area contributed by atoms with Gasteiger partial charge in [-0.05, 0) is 38.6 Å². The molecule has 1 atom stereocenters. The molecule has 1 heterocycles. The second-order valence-electron chi connectivity index (χ2n) is 6.25. The molecule has 0 aromatic rings. The topological polar surface area (TPSA) is 49.4 Å². The molecule has 1 aliphatic carbocycles. The summed E-state index contributed by atoms with van der Waals surface area (Å²) in [7, 11) is -3.08. The Hall–Kier alpha value is -0.130. The first kappa shape index (κ1) is 16.2. The van der Waals surface area contributed by atoms with Crippen molar-refractivity contribution < 1.29 is 8.42 Å². The molecule has 1 N–H and O–H groups in total. The van der Waals surface area contributed by atoms with Gasteiger partial charge < -0.3 is 5.32 Å². The second kappa shape index (κ2) is 7.76. The van der Waals surface area contributed by atoms with Crippen LogP contribution < -0.4 is 5.32 Å². The van der Waals surface area contributed by atoms with Crippen LogP contribution in [0.3, 0.4) is 0 Å². The first-order valence-corrected chi connectivity index (χ1v) is 9.97. The lowest BCUT2D eigenvalue weighted by molar-refractivity contribution is 0.260. The number of hydrogen-bond donors (Lipinski definition) is 1. The molecule has 1 aliphatic heterocycles. The van der Waals surface area contributed by atoms with E-state index in [1.165, 1.54) is 32.1 Å². The zero-order valence-corrected chi connectivity index (χ0v) is 13.6. The highest BCUT2D eigenvalue weighted by atomic mass is 32.2. The first-order valence-electron chi connectivity index (χ1n) is 8.36. The Bertz CT molecular complexity index is 371. The quantitative estimate of drug-likeness (QED) is 0.820. The SMILES string of the molecule is CCN(C1CCCCC1)S(=O)(=O)CCC1CCCCN1. The monoisotopic (exact) mass is 302 g/mol. The predicted octanol–water partition coefficient (Wildman–Crippen LogP) is 2.50. The smallest absolute Gasteiger partial charge is 0.214 e. The Morgan fingerprint density at radius 1 is 1.05 bits per heavy atom. The fourth-order valence-electron chi connectivity index (χ4n) is 3.63. The maximum atomic E-state index is 12.6. The van der Waals surface area contributed by atoms with Gasteiger partial charge in [0, 0.05) is 18.6 Å². The van der Waals surface area contributed by atoms with E-state index in [1.54, 1.807) is 4.31 Å². The van der Waals surface area contributed by atoms with E-state index in [0.717, 1.165) is 32.2 Å². The van der Waals surface area contributed by atoms with Crippen molar-refractivity contribution in [1.29, 1.82) is 0 Å². The summed E-state index contributed by atoms with van der Waals surface area (Å²) in [6.07, 6.45) is 10.1. The average molecular weight is 302 g/mol. The van der Waals surface area contributed by atoms with E-state index < -0.39 is 10.0 Å². The van der Waals surface area contributed by atoms with Gasteiger partial charge in [0.25, 0.3) is 0 Å². The molecule has 20 heavy (non-hydrogen) atoms. The third kappa shape index (κ3) is 4.43. The minimum Gasteiger partial charge on any atom is -0.314 e. The number of rotatable bonds is 6. The van der Waals surface area contributed by atoms with Crippen LogP contribution in [0.4, 0.5) is 0 Å². The highest BCUT2D eigenvalue weighted by Crippen LogP contribution is 2.25. The fourth-order valence-corrected chi connectivity index (χ4v) is 5.51. The van der Waals surface area contributed by atoms with E-state index in [0.29, 0.717) is 18.3 Å². The van der Waals surface area contributed by atoms with Crippen LogP contribution in [-0.4, -0.2) is 43.6 Å². The average Bonchev–Trinajstić information content (AvgIpc) is 2.48. The molecule has 2 aliphatic rings. The van der Waals surface area contributed by atoms with E-state index in [1.807, 2.05) is 6.92 Å². The van der Waals surface area contributed by atoms with Crippen LogP contribution in [0.1, 0.15) is 64.7 Å². The second-order valence-corrected chi connectivity index (χ2v) is 8.29. The zero-order chi connectivity index (χ0) is 14.4. The summed E-state index contributed by atoms with van der Waals surface area (Å²) in [4.78, 5) is 0. The molecule has 4 nitrogen and oxygen atoms in total. The van der Waals surface area contributed by atoms with Gasteiger partial charge in [0.15, 0.2) is 0 Å². The summed E-state index contributed by atoms with van der Waals surface area (Å²) in [5.74, 6) is 0.314. The summed E-state index contributed by atoms with van der Waals surface area (Å²) in [5.41, 5.74) is 0. The van der Waals surface area contributed by atoms with E-state index >= 15 is 0 Å². The van der Waals surface area contributed by atoms with Crippen LogP contribution in [0.2, 0.25) is 0 Å². The highest BCUT2D eigenvalue weighted by molar-refractivity contribution is 7.89. The highest BCUT2D eigenvalue weighted by Gasteiger charge is 2.30. The molecule has 0 aromatic carbocycles. The Kier molecular flexibility index (Phi) is 6.30. The molecule has 0 aromatic heterocycles. The van der Waals surface area contributed by atoms with E-state index in [-0.39, 0.29) is 6.04 Å². The molecular weight excluding hydrogens is 272 g/mol. The summed E-state index contributed by atoms with van der Waals surface area (Å²) in [5, 5.41) is 3.45. The van der Waals surface area contributed by atoms with Crippen molar-refractivity contribution in [3.63, 3.8) is 0 Å². The number of sulfonamides is 1. The van der Waals surface area contributed by atoms with Crippen molar-refractivity contribution in [3.8, 4) is 0 Å². The molecule has 0 bridgehead atoms. The molecule has 5 heteroatoms. The van der Waals surface area contributed by atoms with Gasteiger partial charge >= 0.3 is 0 Å². The van der Waals surface area contributed by atoms with Crippen molar-refractivity contribution >= 4 is 10.0 Å². The van der Waals surface area contributed by atoms with Crippen LogP contribution in [0.5, 0.6) is 0 Å². The molecule has 1 saturated carbocycles. The van der Waals surface area contributed by atoms with Gasteiger partial charge in [-0.3, -0.25) is 0 Å². The molecule has 1 unspecified atom stereocenters. The molecule has 0 radical (unpaired) electrons. The van der Waals surface area contributed by atoms with Gasteiger partial charge in [0.05, 0.1) is 5.75 Å². The van der Waals surface area contributed by atoms with Crippen LogP contribution >= 0.6 is 0 Å². The number of nitrogens with one attached hydrogen (secondary N) is 1. The molecule has 1 saturated heterocycles. The van der Waals surface area contributed by atoms with Crippen LogP contribution in [0.25, 0.3) is 0 Å². The maximum absolute atomic E-state index is 12.6. The predicted molar refractivity (Wildman–Crippen MR) is 83.3 cm³/mol. The normalized spacial score (nSPS) is 26.0. The van der Waals surface area contributed by atoms with Crippen LogP contribution in [0, 0.1) is 0 Å².